The minimum absolute atomic E-state index is 0.418. The molecule has 1 aromatic heterocycles. The number of ether oxygens (including phenoxy) is 1. The predicted octanol–water partition coefficient (Wildman–Crippen LogP) is 3.17. The Hall–Kier alpha value is -0.330. The van der Waals surface area contributed by atoms with E-state index in [0.717, 1.165) is 38.7 Å². The SMILES string of the molecule is Cc1nc2cc(I)c(Cl)cc2n1C1COC1. The van der Waals surface area contributed by atoms with Crippen molar-refractivity contribution in [3.05, 3.63) is 26.5 Å². The number of aromatic nitrogens is 2. The third-order valence-corrected chi connectivity index (χ3v) is 4.42. The number of halogens is 2. The molecule has 0 N–H and O–H groups in total. The Balaban J connectivity index is 2.26. The molecule has 1 aliphatic heterocycles. The molecule has 0 amide bonds. The van der Waals surface area contributed by atoms with Gasteiger partial charge in [-0.15, -0.1) is 0 Å². The largest absolute Gasteiger partial charge is 0.377 e. The molecule has 1 fully saturated rings. The van der Waals surface area contributed by atoms with Crippen LogP contribution in [0.5, 0.6) is 0 Å². The lowest BCUT2D eigenvalue weighted by atomic mass is 10.2. The van der Waals surface area contributed by atoms with Gasteiger partial charge in [-0.25, -0.2) is 4.98 Å². The summed E-state index contributed by atoms with van der Waals surface area (Å²) in [6, 6.07) is 4.44. The number of hydrogen-bond acceptors (Lipinski definition) is 2. The highest BCUT2D eigenvalue weighted by Gasteiger charge is 2.24. The first-order valence-electron chi connectivity index (χ1n) is 5.08. The lowest BCUT2D eigenvalue weighted by Crippen LogP contribution is -2.31. The Labute approximate surface area is 112 Å². The van der Waals surface area contributed by atoms with E-state index < -0.39 is 0 Å². The molecule has 0 radical (unpaired) electrons. The summed E-state index contributed by atoms with van der Waals surface area (Å²) in [6.45, 7) is 3.57. The second-order valence-electron chi connectivity index (χ2n) is 3.98. The van der Waals surface area contributed by atoms with E-state index in [2.05, 4.69) is 32.1 Å². The molecule has 0 aliphatic carbocycles. The highest BCUT2D eigenvalue weighted by Crippen LogP contribution is 2.30. The maximum atomic E-state index is 6.15. The number of nitrogens with zero attached hydrogens (tertiary/aromatic N) is 2. The maximum absolute atomic E-state index is 6.15. The van der Waals surface area contributed by atoms with Crippen molar-refractivity contribution in [1.82, 2.24) is 9.55 Å². The van der Waals surface area contributed by atoms with Gasteiger partial charge in [0.1, 0.15) is 5.82 Å². The normalized spacial score (nSPS) is 16.7. The first kappa shape index (κ1) is 10.8. The smallest absolute Gasteiger partial charge is 0.107 e. The number of rotatable bonds is 1. The van der Waals surface area contributed by atoms with E-state index in [1.165, 1.54) is 0 Å². The summed E-state index contributed by atoms with van der Waals surface area (Å²) >= 11 is 8.38. The zero-order valence-electron chi connectivity index (χ0n) is 8.70. The van der Waals surface area contributed by atoms with E-state index in [1.54, 1.807) is 0 Å². The van der Waals surface area contributed by atoms with Crippen molar-refractivity contribution in [3.8, 4) is 0 Å². The van der Waals surface area contributed by atoms with Gasteiger partial charge in [-0.3, -0.25) is 0 Å². The van der Waals surface area contributed by atoms with Crippen LogP contribution in [0.1, 0.15) is 11.9 Å². The fourth-order valence-electron chi connectivity index (χ4n) is 2.04. The van der Waals surface area contributed by atoms with Crippen LogP contribution in [0, 0.1) is 10.5 Å². The summed E-state index contributed by atoms with van der Waals surface area (Å²) in [7, 11) is 0. The molecule has 84 valence electrons. The van der Waals surface area contributed by atoms with E-state index >= 15 is 0 Å². The average molecular weight is 349 g/mol. The molecule has 2 aromatic rings. The standard InChI is InChI=1S/C11H10ClIN2O/c1-6-14-10-3-9(13)8(12)2-11(10)15(6)7-4-16-5-7/h2-3,7H,4-5H2,1H3. The second-order valence-corrected chi connectivity index (χ2v) is 5.54. The van der Waals surface area contributed by atoms with E-state index in [0.29, 0.717) is 6.04 Å². The summed E-state index contributed by atoms with van der Waals surface area (Å²) in [6.07, 6.45) is 0. The van der Waals surface area contributed by atoms with Crippen LogP contribution < -0.4 is 0 Å². The van der Waals surface area contributed by atoms with Crippen LogP contribution in [0.4, 0.5) is 0 Å². The van der Waals surface area contributed by atoms with E-state index in [4.69, 9.17) is 16.3 Å². The summed E-state index contributed by atoms with van der Waals surface area (Å²) in [4.78, 5) is 4.56. The molecule has 1 aromatic carbocycles. The molecule has 5 heteroatoms. The molecule has 0 unspecified atom stereocenters. The van der Waals surface area contributed by atoms with Crippen molar-refractivity contribution in [2.24, 2.45) is 0 Å². The molecule has 0 spiro atoms. The number of aryl methyl sites for hydroxylation is 1. The third kappa shape index (κ3) is 1.55. The second kappa shape index (κ2) is 3.85. The topological polar surface area (TPSA) is 27.1 Å². The van der Waals surface area contributed by atoms with E-state index in [9.17, 15) is 0 Å². The van der Waals surface area contributed by atoms with Gasteiger partial charge in [0, 0.05) is 3.57 Å². The van der Waals surface area contributed by atoms with Gasteiger partial charge in [0.2, 0.25) is 0 Å². The molecule has 1 saturated heterocycles. The van der Waals surface area contributed by atoms with Crippen molar-refractivity contribution in [3.63, 3.8) is 0 Å². The number of imidazole rings is 1. The van der Waals surface area contributed by atoms with Crippen LogP contribution in [0.3, 0.4) is 0 Å². The van der Waals surface area contributed by atoms with Crippen molar-refractivity contribution >= 4 is 45.2 Å². The van der Waals surface area contributed by atoms with Gasteiger partial charge in [0.25, 0.3) is 0 Å². The van der Waals surface area contributed by atoms with Crippen LogP contribution in [0.25, 0.3) is 11.0 Å². The minimum atomic E-state index is 0.418. The van der Waals surface area contributed by atoms with Gasteiger partial charge >= 0.3 is 0 Å². The van der Waals surface area contributed by atoms with Gasteiger partial charge in [0.05, 0.1) is 35.3 Å². The Morgan fingerprint density at radius 2 is 2.25 bits per heavy atom. The van der Waals surface area contributed by atoms with Crippen LogP contribution in [0.2, 0.25) is 5.02 Å². The van der Waals surface area contributed by atoms with Crippen LogP contribution in [-0.2, 0) is 4.74 Å². The number of benzene rings is 1. The Morgan fingerprint density at radius 3 is 2.88 bits per heavy atom. The van der Waals surface area contributed by atoms with Crippen molar-refractivity contribution in [2.75, 3.05) is 13.2 Å². The summed E-state index contributed by atoms with van der Waals surface area (Å²) < 4.78 is 8.50. The predicted molar refractivity (Wildman–Crippen MR) is 72.1 cm³/mol. The van der Waals surface area contributed by atoms with Gasteiger partial charge in [0.15, 0.2) is 0 Å². The van der Waals surface area contributed by atoms with E-state index in [-0.39, 0.29) is 0 Å². The molecule has 16 heavy (non-hydrogen) atoms. The fraction of sp³-hybridized carbons (Fsp3) is 0.364. The zero-order chi connectivity index (χ0) is 11.3. The Bertz CT molecular complexity index is 563. The lowest BCUT2D eigenvalue weighted by Gasteiger charge is -2.28. The molecule has 0 atom stereocenters. The van der Waals surface area contributed by atoms with E-state index in [1.807, 2.05) is 19.1 Å². The molecule has 2 heterocycles. The van der Waals surface area contributed by atoms with Crippen LogP contribution in [-0.4, -0.2) is 22.8 Å². The highest BCUT2D eigenvalue weighted by molar-refractivity contribution is 14.1. The van der Waals surface area contributed by atoms with Crippen molar-refractivity contribution in [1.29, 1.82) is 0 Å². The first-order valence-corrected chi connectivity index (χ1v) is 6.54. The molecule has 1 aliphatic rings. The Kier molecular flexibility index (Phi) is 2.60. The van der Waals surface area contributed by atoms with Gasteiger partial charge < -0.3 is 9.30 Å². The summed E-state index contributed by atoms with van der Waals surface area (Å²) in [5.74, 6) is 1.03. The van der Waals surface area contributed by atoms with Crippen LogP contribution in [0.15, 0.2) is 12.1 Å². The summed E-state index contributed by atoms with van der Waals surface area (Å²) in [5.41, 5.74) is 2.12. The average Bonchev–Trinajstić information content (AvgIpc) is 2.43. The Morgan fingerprint density at radius 1 is 1.50 bits per heavy atom. The molecule has 0 saturated carbocycles. The fourth-order valence-corrected chi connectivity index (χ4v) is 2.65. The maximum Gasteiger partial charge on any atom is 0.107 e. The van der Waals surface area contributed by atoms with Gasteiger partial charge in [-0.1, -0.05) is 11.6 Å². The summed E-state index contributed by atoms with van der Waals surface area (Å²) in [5, 5.41) is 0.787. The zero-order valence-corrected chi connectivity index (χ0v) is 11.6. The quantitative estimate of drug-likeness (QED) is 0.740. The highest BCUT2D eigenvalue weighted by atomic mass is 127. The molecular weight excluding hydrogens is 338 g/mol. The minimum Gasteiger partial charge on any atom is -0.377 e. The van der Waals surface area contributed by atoms with Gasteiger partial charge in [-0.05, 0) is 41.6 Å². The lowest BCUT2D eigenvalue weighted by molar-refractivity contribution is -0.0224. The first-order chi connectivity index (χ1) is 7.66. The number of fused-ring (bicyclic) bond motifs is 1. The molecular formula is C11H10ClIN2O. The molecule has 0 bridgehead atoms. The van der Waals surface area contributed by atoms with Crippen LogP contribution >= 0.6 is 34.2 Å². The molecule has 3 rings (SSSR count). The van der Waals surface area contributed by atoms with Crippen molar-refractivity contribution in [2.45, 2.75) is 13.0 Å². The van der Waals surface area contributed by atoms with Gasteiger partial charge in [-0.2, -0.15) is 0 Å². The van der Waals surface area contributed by atoms with Crippen molar-refractivity contribution < 1.29 is 4.74 Å². The third-order valence-electron chi connectivity index (χ3n) is 2.89. The molecule has 3 nitrogen and oxygen atoms in total. The monoisotopic (exact) mass is 348 g/mol. The number of hydrogen-bond donors (Lipinski definition) is 0.